The monoisotopic (exact) mass is 511 g/mol. The molecule has 0 radical (unpaired) electrons. The lowest BCUT2D eigenvalue weighted by Crippen LogP contribution is -2.51. The molecule has 0 N–H and O–H groups in total. The third-order valence-electron chi connectivity index (χ3n) is 5.99. The number of anilines is 1. The second kappa shape index (κ2) is 11.5. The van der Waals surface area contributed by atoms with E-state index in [2.05, 4.69) is 17.1 Å². The predicted octanol–water partition coefficient (Wildman–Crippen LogP) is 4.02. The number of nitrogens with zero attached hydrogens (tertiary/aromatic N) is 3. The maximum atomic E-state index is 13.5. The van der Waals surface area contributed by atoms with Gasteiger partial charge >= 0.3 is 0 Å². The minimum Gasteiger partial charge on any atom is -0.339 e. The van der Waals surface area contributed by atoms with Crippen LogP contribution in [0, 0.1) is 11.6 Å². The average molecular weight is 512 g/mol. The summed E-state index contributed by atoms with van der Waals surface area (Å²) in [6, 6.07) is 19.2. The zero-order valence-corrected chi connectivity index (χ0v) is 20.4. The number of rotatable bonds is 8. The van der Waals surface area contributed by atoms with Crippen LogP contribution in [0.25, 0.3) is 6.08 Å². The Bertz CT molecular complexity index is 1290. The summed E-state index contributed by atoms with van der Waals surface area (Å²) in [7, 11) is -4.19. The highest BCUT2D eigenvalue weighted by Gasteiger charge is 2.30. The Balaban J connectivity index is 1.42. The summed E-state index contributed by atoms with van der Waals surface area (Å²) in [6.07, 6.45) is 4.14. The highest BCUT2D eigenvalue weighted by molar-refractivity contribution is 7.92. The molecule has 9 heteroatoms. The summed E-state index contributed by atoms with van der Waals surface area (Å²) in [5, 5.41) is 0. The molecular weight excluding hydrogens is 484 g/mol. The van der Waals surface area contributed by atoms with E-state index in [4.69, 9.17) is 0 Å². The normalized spacial score (nSPS) is 14.8. The first-order chi connectivity index (χ1) is 17.3. The van der Waals surface area contributed by atoms with Crippen molar-refractivity contribution >= 4 is 27.7 Å². The van der Waals surface area contributed by atoms with E-state index in [1.807, 2.05) is 30.3 Å². The molecule has 1 aliphatic heterocycles. The molecule has 36 heavy (non-hydrogen) atoms. The number of amides is 1. The molecule has 4 rings (SSSR count). The van der Waals surface area contributed by atoms with Crippen molar-refractivity contribution < 1.29 is 22.0 Å². The molecule has 0 aliphatic carbocycles. The van der Waals surface area contributed by atoms with Crippen LogP contribution in [0.5, 0.6) is 0 Å². The molecule has 0 unspecified atom stereocenters. The molecule has 0 aromatic heterocycles. The van der Waals surface area contributed by atoms with E-state index < -0.39 is 28.2 Å². The summed E-state index contributed by atoms with van der Waals surface area (Å²) in [5.41, 5.74) is 1.27. The summed E-state index contributed by atoms with van der Waals surface area (Å²) in [6.45, 7) is 2.55. The molecule has 3 aromatic rings. The topological polar surface area (TPSA) is 60.9 Å². The van der Waals surface area contributed by atoms with Gasteiger partial charge in [-0.3, -0.25) is 14.0 Å². The Hall–Kier alpha value is -3.56. The maximum Gasteiger partial charge on any atom is 0.264 e. The van der Waals surface area contributed by atoms with Crippen LogP contribution >= 0.6 is 0 Å². The van der Waals surface area contributed by atoms with E-state index >= 15 is 0 Å². The molecule has 188 valence electrons. The van der Waals surface area contributed by atoms with Crippen molar-refractivity contribution in [1.82, 2.24) is 9.80 Å². The van der Waals surface area contributed by atoms with E-state index in [0.29, 0.717) is 26.2 Å². The van der Waals surface area contributed by atoms with Crippen LogP contribution in [-0.4, -0.2) is 63.4 Å². The second-order valence-corrected chi connectivity index (χ2v) is 10.3. The largest absolute Gasteiger partial charge is 0.339 e. The van der Waals surface area contributed by atoms with Crippen molar-refractivity contribution in [2.24, 2.45) is 0 Å². The fraction of sp³-hybridized carbons (Fsp3) is 0.222. The second-order valence-electron chi connectivity index (χ2n) is 8.44. The van der Waals surface area contributed by atoms with Gasteiger partial charge in [-0.2, -0.15) is 0 Å². The fourth-order valence-corrected chi connectivity index (χ4v) is 5.38. The molecule has 1 amide bonds. The summed E-state index contributed by atoms with van der Waals surface area (Å²) >= 11 is 0. The van der Waals surface area contributed by atoms with Crippen LogP contribution < -0.4 is 4.31 Å². The fourth-order valence-electron chi connectivity index (χ4n) is 3.96. The number of sulfonamides is 1. The number of halogens is 2. The van der Waals surface area contributed by atoms with Crippen LogP contribution in [0.1, 0.15) is 5.56 Å². The van der Waals surface area contributed by atoms with E-state index in [-0.39, 0.29) is 16.5 Å². The molecule has 0 atom stereocenters. The molecule has 0 spiro atoms. The van der Waals surface area contributed by atoms with E-state index in [1.165, 1.54) is 12.1 Å². The summed E-state index contributed by atoms with van der Waals surface area (Å²) < 4.78 is 54.5. The van der Waals surface area contributed by atoms with E-state index in [9.17, 15) is 22.0 Å². The van der Waals surface area contributed by atoms with Gasteiger partial charge in [-0.15, -0.1) is 0 Å². The summed E-state index contributed by atoms with van der Waals surface area (Å²) in [5.74, 6) is -1.46. The van der Waals surface area contributed by atoms with Crippen molar-refractivity contribution in [1.29, 1.82) is 0 Å². The molecule has 6 nitrogen and oxygen atoms in total. The first kappa shape index (κ1) is 25.5. The van der Waals surface area contributed by atoms with Gasteiger partial charge in [0.25, 0.3) is 10.0 Å². The average Bonchev–Trinajstić information content (AvgIpc) is 2.89. The van der Waals surface area contributed by atoms with Crippen LogP contribution in [0.15, 0.2) is 89.8 Å². The minimum absolute atomic E-state index is 0.152. The summed E-state index contributed by atoms with van der Waals surface area (Å²) in [4.78, 5) is 16.8. The highest BCUT2D eigenvalue weighted by atomic mass is 32.2. The lowest BCUT2D eigenvalue weighted by molar-refractivity contribution is -0.131. The first-order valence-electron chi connectivity index (χ1n) is 11.6. The van der Waals surface area contributed by atoms with Crippen LogP contribution in [-0.2, 0) is 14.8 Å². The number of benzene rings is 3. The van der Waals surface area contributed by atoms with Crippen molar-refractivity contribution in [3.05, 3.63) is 102 Å². The zero-order chi connectivity index (χ0) is 25.5. The quantitative estimate of drug-likeness (QED) is 0.459. The van der Waals surface area contributed by atoms with E-state index in [0.717, 1.165) is 52.8 Å². The molecule has 1 heterocycles. The zero-order valence-electron chi connectivity index (χ0n) is 19.6. The lowest BCUT2D eigenvalue weighted by atomic mass is 10.2. The van der Waals surface area contributed by atoms with Crippen LogP contribution in [0.2, 0.25) is 0 Å². The van der Waals surface area contributed by atoms with Crippen molar-refractivity contribution in [3.63, 3.8) is 0 Å². The van der Waals surface area contributed by atoms with Gasteiger partial charge in [0.1, 0.15) is 18.2 Å². The minimum atomic E-state index is -4.19. The predicted molar refractivity (Wildman–Crippen MR) is 136 cm³/mol. The number of carbonyl (C=O) groups is 1. The smallest absolute Gasteiger partial charge is 0.264 e. The molecule has 1 saturated heterocycles. The van der Waals surface area contributed by atoms with Gasteiger partial charge in [-0.05, 0) is 54.1 Å². The number of hydrogen-bond acceptors (Lipinski definition) is 4. The Morgan fingerprint density at radius 1 is 0.833 bits per heavy atom. The lowest BCUT2D eigenvalue weighted by Gasteiger charge is -2.35. The van der Waals surface area contributed by atoms with Gasteiger partial charge in [0.05, 0.1) is 10.6 Å². The van der Waals surface area contributed by atoms with E-state index in [1.54, 1.807) is 4.90 Å². The Morgan fingerprint density at radius 3 is 2.03 bits per heavy atom. The number of hydrogen-bond donors (Lipinski definition) is 0. The Kier molecular flexibility index (Phi) is 8.12. The molecular formula is C27H27F2N3O3S. The molecule has 1 aliphatic rings. The van der Waals surface area contributed by atoms with Crippen molar-refractivity contribution in [3.8, 4) is 0 Å². The van der Waals surface area contributed by atoms with Gasteiger partial charge < -0.3 is 4.90 Å². The molecule has 3 aromatic carbocycles. The van der Waals surface area contributed by atoms with Gasteiger partial charge in [0.2, 0.25) is 5.91 Å². The Morgan fingerprint density at radius 2 is 1.42 bits per heavy atom. The molecule has 0 saturated carbocycles. The van der Waals surface area contributed by atoms with Crippen molar-refractivity contribution in [2.75, 3.05) is 43.6 Å². The first-order valence-corrected chi connectivity index (χ1v) is 13.0. The number of carbonyl (C=O) groups excluding carboxylic acids is 1. The van der Waals surface area contributed by atoms with Gasteiger partial charge in [0.15, 0.2) is 0 Å². The Labute approximate surface area is 210 Å². The SMILES string of the molecule is O=C(CN(c1ccc(F)cc1)S(=O)(=O)c1ccc(F)cc1)N1CCN(C/C=C/c2ccccc2)CC1. The van der Waals surface area contributed by atoms with Crippen LogP contribution in [0.3, 0.4) is 0 Å². The van der Waals surface area contributed by atoms with Gasteiger partial charge in [0, 0.05) is 32.7 Å². The van der Waals surface area contributed by atoms with Gasteiger partial charge in [-0.1, -0.05) is 42.5 Å². The molecule has 0 bridgehead atoms. The standard InChI is InChI=1S/C27H27F2N3O3S/c28-23-8-12-25(13-9-23)32(36(34,35)26-14-10-24(29)11-15-26)21-27(33)31-19-17-30(18-20-31)16-4-7-22-5-2-1-3-6-22/h1-15H,16-21H2/b7-4+. The third kappa shape index (κ3) is 6.35. The highest BCUT2D eigenvalue weighted by Crippen LogP contribution is 2.24. The number of piperazine rings is 1. The third-order valence-corrected chi connectivity index (χ3v) is 7.78. The van der Waals surface area contributed by atoms with Gasteiger partial charge in [-0.25, -0.2) is 17.2 Å². The van der Waals surface area contributed by atoms with Crippen LogP contribution in [0.4, 0.5) is 14.5 Å². The van der Waals surface area contributed by atoms with Crippen molar-refractivity contribution in [2.45, 2.75) is 4.90 Å². The molecule has 1 fully saturated rings. The maximum absolute atomic E-state index is 13.5.